The molecule has 0 heterocycles. The van der Waals surface area contributed by atoms with Crippen molar-refractivity contribution in [2.45, 2.75) is 6.23 Å². The number of hydrogen-bond donors (Lipinski definition) is 3. The Kier molecular flexibility index (Phi) is 7.16. The van der Waals surface area contributed by atoms with Gasteiger partial charge in [-0.3, -0.25) is 0 Å². The standard InChI is InChI=1S/C13H17NO7/c14-11(20-5-4-19-8-12(15)16)7-21-10-3-1-2-9(6-10)13(17)18/h1-3,6,11H,4-5,7-8,14H2,(H,15,16)(H,17,18). The van der Waals surface area contributed by atoms with Crippen LogP contribution in [-0.4, -0.2) is 54.8 Å². The molecule has 0 saturated heterocycles. The molecule has 0 fully saturated rings. The predicted molar refractivity (Wildman–Crippen MR) is 71.3 cm³/mol. The van der Waals surface area contributed by atoms with E-state index in [1.54, 1.807) is 12.1 Å². The molecule has 8 nitrogen and oxygen atoms in total. The van der Waals surface area contributed by atoms with Crippen LogP contribution in [0, 0.1) is 0 Å². The van der Waals surface area contributed by atoms with Gasteiger partial charge in [-0.1, -0.05) is 6.07 Å². The number of rotatable bonds is 10. The predicted octanol–water partition coefficient (Wildman–Crippen LogP) is 0.166. The van der Waals surface area contributed by atoms with Crippen molar-refractivity contribution >= 4 is 11.9 Å². The minimum atomic E-state index is -1.05. The van der Waals surface area contributed by atoms with Crippen molar-refractivity contribution in [3.63, 3.8) is 0 Å². The van der Waals surface area contributed by atoms with Gasteiger partial charge in [-0.2, -0.15) is 0 Å². The van der Waals surface area contributed by atoms with Gasteiger partial charge in [0.1, 0.15) is 25.2 Å². The number of aromatic carboxylic acids is 1. The lowest BCUT2D eigenvalue weighted by atomic mass is 10.2. The van der Waals surface area contributed by atoms with E-state index in [0.717, 1.165) is 0 Å². The molecular formula is C13H17NO7. The topological polar surface area (TPSA) is 128 Å². The van der Waals surface area contributed by atoms with Crippen LogP contribution in [0.1, 0.15) is 10.4 Å². The van der Waals surface area contributed by atoms with E-state index >= 15 is 0 Å². The van der Waals surface area contributed by atoms with Gasteiger partial charge in [0.25, 0.3) is 0 Å². The van der Waals surface area contributed by atoms with Crippen LogP contribution in [-0.2, 0) is 14.3 Å². The largest absolute Gasteiger partial charge is 0.489 e. The van der Waals surface area contributed by atoms with Gasteiger partial charge in [0, 0.05) is 0 Å². The fraction of sp³-hybridized carbons (Fsp3) is 0.385. The first-order chi connectivity index (χ1) is 9.99. The molecule has 1 aromatic rings. The van der Waals surface area contributed by atoms with Crippen LogP contribution in [0.25, 0.3) is 0 Å². The number of hydrogen-bond acceptors (Lipinski definition) is 6. The minimum absolute atomic E-state index is 0.0298. The summed E-state index contributed by atoms with van der Waals surface area (Å²) in [4.78, 5) is 21.0. The molecule has 1 aromatic carbocycles. The Labute approximate surface area is 121 Å². The van der Waals surface area contributed by atoms with Crippen molar-refractivity contribution < 1.29 is 34.0 Å². The quantitative estimate of drug-likeness (QED) is 0.412. The van der Waals surface area contributed by atoms with Gasteiger partial charge in [-0.15, -0.1) is 0 Å². The lowest BCUT2D eigenvalue weighted by Gasteiger charge is -2.14. The van der Waals surface area contributed by atoms with E-state index < -0.39 is 24.8 Å². The van der Waals surface area contributed by atoms with E-state index in [-0.39, 0.29) is 25.4 Å². The molecule has 0 aliphatic rings. The molecule has 21 heavy (non-hydrogen) atoms. The first-order valence-corrected chi connectivity index (χ1v) is 6.12. The molecule has 1 rings (SSSR count). The number of benzene rings is 1. The molecule has 0 aromatic heterocycles. The van der Waals surface area contributed by atoms with Crippen LogP contribution in [0.5, 0.6) is 5.75 Å². The van der Waals surface area contributed by atoms with E-state index in [4.69, 9.17) is 30.2 Å². The van der Waals surface area contributed by atoms with Gasteiger partial charge in [-0.05, 0) is 18.2 Å². The summed E-state index contributed by atoms with van der Waals surface area (Å²) in [5, 5.41) is 17.2. The zero-order valence-corrected chi connectivity index (χ0v) is 11.2. The summed E-state index contributed by atoms with van der Waals surface area (Å²) in [5.74, 6) is -1.73. The van der Waals surface area contributed by atoms with Gasteiger partial charge in [-0.25, -0.2) is 9.59 Å². The summed E-state index contributed by atoms with van der Waals surface area (Å²) < 4.78 is 15.2. The fourth-order valence-electron chi connectivity index (χ4n) is 1.36. The first-order valence-electron chi connectivity index (χ1n) is 6.12. The van der Waals surface area contributed by atoms with E-state index in [1.807, 2.05) is 0 Å². The third-order valence-corrected chi connectivity index (χ3v) is 2.28. The lowest BCUT2D eigenvalue weighted by molar-refractivity contribution is -0.143. The summed E-state index contributed by atoms with van der Waals surface area (Å²) in [6.45, 7) is -0.124. The van der Waals surface area contributed by atoms with Gasteiger partial charge < -0.3 is 30.2 Å². The third-order valence-electron chi connectivity index (χ3n) is 2.28. The Morgan fingerprint density at radius 2 is 2.00 bits per heavy atom. The Balaban J connectivity index is 2.23. The molecule has 116 valence electrons. The van der Waals surface area contributed by atoms with E-state index in [9.17, 15) is 9.59 Å². The summed E-state index contributed by atoms with van der Waals surface area (Å²) in [6.07, 6.45) is -0.730. The van der Waals surface area contributed by atoms with Crippen molar-refractivity contribution in [3.05, 3.63) is 29.8 Å². The first kappa shape index (κ1) is 16.9. The normalized spacial score (nSPS) is 11.9. The molecule has 1 unspecified atom stereocenters. The van der Waals surface area contributed by atoms with Crippen molar-refractivity contribution in [1.82, 2.24) is 0 Å². The van der Waals surface area contributed by atoms with Crippen LogP contribution in [0.4, 0.5) is 0 Å². The van der Waals surface area contributed by atoms with E-state index in [1.165, 1.54) is 12.1 Å². The molecule has 0 spiro atoms. The monoisotopic (exact) mass is 299 g/mol. The summed E-state index contributed by atoms with van der Waals surface area (Å²) in [6, 6.07) is 6.00. The molecule has 0 bridgehead atoms. The highest BCUT2D eigenvalue weighted by atomic mass is 16.6. The number of nitrogens with two attached hydrogens (primary N) is 1. The highest BCUT2D eigenvalue weighted by molar-refractivity contribution is 5.87. The molecule has 0 aliphatic carbocycles. The van der Waals surface area contributed by atoms with Crippen molar-refractivity contribution in [3.8, 4) is 5.75 Å². The smallest absolute Gasteiger partial charge is 0.335 e. The van der Waals surface area contributed by atoms with Crippen LogP contribution in [0.3, 0.4) is 0 Å². The zero-order valence-electron chi connectivity index (χ0n) is 11.2. The van der Waals surface area contributed by atoms with Crippen molar-refractivity contribution in [1.29, 1.82) is 0 Å². The van der Waals surface area contributed by atoms with Gasteiger partial charge in [0.05, 0.1) is 18.8 Å². The molecular weight excluding hydrogens is 282 g/mol. The van der Waals surface area contributed by atoms with Crippen LogP contribution < -0.4 is 10.5 Å². The van der Waals surface area contributed by atoms with Crippen molar-refractivity contribution in [2.75, 3.05) is 26.4 Å². The van der Waals surface area contributed by atoms with Crippen LogP contribution in [0.2, 0.25) is 0 Å². The number of ether oxygens (including phenoxy) is 3. The highest BCUT2D eigenvalue weighted by Crippen LogP contribution is 2.13. The summed E-state index contributed by atoms with van der Waals surface area (Å²) in [5.41, 5.74) is 5.74. The number of aliphatic carboxylic acids is 1. The van der Waals surface area contributed by atoms with Crippen LogP contribution >= 0.6 is 0 Å². The van der Waals surface area contributed by atoms with E-state index in [2.05, 4.69) is 0 Å². The summed E-state index contributed by atoms with van der Waals surface area (Å²) in [7, 11) is 0. The Morgan fingerprint density at radius 1 is 1.24 bits per heavy atom. The molecule has 4 N–H and O–H groups in total. The van der Waals surface area contributed by atoms with Crippen molar-refractivity contribution in [2.24, 2.45) is 5.73 Å². The Hall–Kier alpha value is -2.16. The maximum atomic E-state index is 10.8. The van der Waals surface area contributed by atoms with Crippen LogP contribution in [0.15, 0.2) is 24.3 Å². The highest BCUT2D eigenvalue weighted by Gasteiger charge is 2.07. The summed E-state index contributed by atoms with van der Waals surface area (Å²) >= 11 is 0. The lowest BCUT2D eigenvalue weighted by Crippen LogP contribution is -2.32. The number of carbonyl (C=O) groups is 2. The Morgan fingerprint density at radius 3 is 2.67 bits per heavy atom. The van der Waals surface area contributed by atoms with E-state index in [0.29, 0.717) is 5.75 Å². The minimum Gasteiger partial charge on any atom is -0.489 e. The maximum Gasteiger partial charge on any atom is 0.335 e. The fourth-order valence-corrected chi connectivity index (χ4v) is 1.36. The molecule has 0 saturated carbocycles. The molecule has 8 heteroatoms. The van der Waals surface area contributed by atoms with Gasteiger partial charge >= 0.3 is 11.9 Å². The molecule has 1 atom stereocenters. The second-order valence-electron chi connectivity index (χ2n) is 4.00. The van der Waals surface area contributed by atoms with Gasteiger partial charge in [0.15, 0.2) is 0 Å². The van der Waals surface area contributed by atoms with Gasteiger partial charge in [0.2, 0.25) is 0 Å². The average Bonchev–Trinajstić information content (AvgIpc) is 2.44. The number of carboxylic acids is 2. The average molecular weight is 299 g/mol. The second kappa shape index (κ2) is 8.90. The SMILES string of the molecule is NC(COc1cccc(C(=O)O)c1)OCCOCC(=O)O. The molecule has 0 radical (unpaired) electrons. The third kappa shape index (κ3) is 7.25. The zero-order chi connectivity index (χ0) is 15.7. The second-order valence-corrected chi connectivity index (χ2v) is 4.00. The maximum absolute atomic E-state index is 10.8. The molecule has 0 amide bonds. The molecule has 0 aliphatic heterocycles. The number of carboxylic acid groups (broad SMARTS) is 2. The Bertz CT molecular complexity index is 477.